The van der Waals surface area contributed by atoms with Crippen LogP contribution in [0, 0.1) is 6.92 Å². The van der Waals surface area contributed by atoms with Gasteiger partial charge < -0.3 is 19.0 Å². The zero-order valence-electron chi connectivity index (χ0n) is 16.8. The van der Waals surface area contributed by atoms with Gasteiger partial charge in [0.1, 0.15) is 5.76 Å². The number of furan rings is 1. The summed E-state index contributed by atoms with van der Waals surface area (Å²) < 4.78 is 16.5. The van der Waals surface area contributed by atoms with Crippen molar-refractivity contribution in [3.63, 3.8) is 0 Å². The summed E-state index contributed by atoms with van der Waals surface area (Å²) in [6.45, 7) is 3.66. The summed E-state index contributed by atoms with van der Waals surface area (Å²) in [5.74, 6) is 2.75. The van der Waals surface area contributed by atoms with Crippen LogP contribution >= 0.6 is 11.8 Å². The second-order valence-corrected chi connectivity index (χ2v) is 7.76. The van der Waals surface area contributed by atoms with E-state index in [0.717, 1.165) is 10.3 Å². The molecule has 2 aromatic carbocycles. The molecule has 0 aliphatic carbocycles. The number of para-hydroxylation sites is 1. The van der Waals surface area contributed by atoms with Crippen LogP contribution in [0.1, 0.15) is 40.8 Å². The molecular formula is C22H21N3O4S. The number of thioether (sulfide) groups is 1. The van der Waals surface area contributed by atoms with Crippen LogP contribution in [0.4, 0.5) is 0 Å². The molecule has 2 aromatic heterocycles. The number of carbonyl (C=O) groups is 1. The molecule has 0 aliphatic rings. The quantitative estimate of drug-likeness (QED) is 0.422. The van der Waals surface area contributed by atoms with Crippen LogP contribution < -0.4 is 10.1 Å². The molecule has 1 atom stereocenters. The molecule has 2 heterocycles. The van der Waals surface area contributed by atoms with Gasteiger partial charge in [-0.1, -0.05) is 29.4 Å². The number of methoxy groups -OCH3 is 1. The Morgan fingerprint density at radius 3 is 2.83 bits per heavy atom. The molecule has 4 aromatic rings. The molecule has 0 aliphatic heterocycles. The maximum Gasteiger partial charge on any atom is 0.252 e. The number of hydrogen-bond donors (Lipinski definition) is 1. The van der Waals surface area contributed by atoms with Crippen LogP contribution in [0.5, 0.6) is 5.75 Å². The standard InChI is InChI=1S/C22H21N3O4S/c1-13(18-11-15-7-6-9-17(27-3)21(15)28-18)23-22(26)16-8-4-5-10-19(16)30-12-20-24-14(2)25-29-20/h4-11,13H,12H2,1-3H3,(H,23,26). The van der Waals surface area contributed by atoms with E-state index in [4.69, 9.17) is 13.7 Å². The Kier molecular flexibility index (Phi) is 5.76. The maximum absolute atomic E-state index is 13.0. The number of rotatable bonds is 7. The molecule has 30 heavy (non-hydrogen) atoms. The van der Waals surface area contributed by atoms with Gasteiger partial charge in [0.25, 0.3) is 5.91 Å². The lowest BCUT2D eigenvalue weighted by Crippen LogP contribution is -2.26. The Morgan fingerprint density at radius 1 is 1.23 bits per heavy atom. The Balaban J connectivity index is 1.49. The first-order valence-electron chi connectivity index (χ1n) is 9.43. The van der Waals surface area contributed by atoms with Crippen LogP contribution in [0.3, 0.4) is 0 Å². The predicted molar refractivity (Wildman–Crippen MR) is 114 cm³/mol. The van der Waals surface area contributed by atoms with E-state index in [9.17, 15) is 4.79 Å². The zero-order valence-corrected chi connectivity index (χ0v) is 17.7. The van der Waals surface area contributed by atoms with Crippen molar-refractivity contribution < 1.29 is 18.5 Å². The highest BCUT2D eigenvalue weighted by Crippen LogP contribution is 2.31. The first kappa shape index (κ1) is 20.0. The molecule has 0 fully saturated rings. The van der Waals surface area contributed by atoms with Gasteiger partial charge in [0.2, 0.25) is 5.89 Å². The van der Waals surface area contributed by atoms with Gasteiger partial charge in [-0.25, -0.2) is 0 Å². The molecule has 1 unspecified atom stereocenters. The Morgan fingerprint density at radius 2 is 2.07 bits per heavy atom. The average Bonchev–Trinajstić information content (AvgIpc) is 3.38. The van der Waals surface area contributed by atoms with Crippen molar-refractivity contribution in [1.29, 1.82) is 0 Å². The normalized spacial score (nSPS) is 12.1. The number of benzene rings is 2. The van der Waals surface area contributed by atoms with E-state index < -0.39 is 0 Å². The molecule has 0 bridgehead atoms. The van der Waals surface area contributed by atoms with E-state index in [1.807, 2.05) is 49.4 Å². The summed E-state index contributed by atoms with van der Waals surface area (Å²) in [4.78, 5) is 18.0. The van der Waals surface area contributed by atoms with Gasteiger partial charge in [-0.15, -0.1) is 11.8 Å². The molecule has 0 radical (unpaired) electrons. The van der Waals surface area contributed by atoms with Gasteiger partial charge in [-0.3, -0.25) is 4.79 Å². The summed E-state index contributed by atoms with van der Waals surface area (Å²) in [5, 5.41) is 7.73. The SMILES string of the molecule is COc1cccc2cc(C(C)NC(=O)c3ccccc3SCc3nc(C)no3)oc12. The largest absolute Gasteiger partial charge is 0.493 e. The number of hydrogen-bond acceptors (Lipinski definition) is 7. The van der Waals surface area contributed by atoms with E-state index in [1.54, 1.807) is 20.1 Å². The number of aromatic nitrogens is 2. The van der Waals surface area contributed by atoms with Crippen LogP contribution in [0.2, 0.25) is 0 Å². The number of carbonyl (C=O) groups excluding carboxylic acids is 1. The first-order valence-corrected chi connectivity index (χ1v) is 10.4. The van der Waals surface area contributed by atoms with Crippen molar-refractivity contribution in [2.24, 2.45) is 0 Å². The van der Waals surface area contributed by atoms with Crippen molar-refractivity contribution in [3.8, 4) is 5.75 Å². The number of ether oxygens (including phenoxy) is 1. The number of aryl methyl sites for hydroxylation is 1. The van der Waals surface area contributed by atoms with E-state index >= 15 is 0 Å². The molecule has 0 spiro atoms. The highest BCUT2D eigenvalue weighted by Gasteiger charge is 2.19. The van der Waals surface area contributed by atoms with E-state index in [1.165, 1.54) is 11.8 Å². The summed E-state index contributed by atoms with van der Waals surface area (Å²) in [6.07, 6.45) is 0. The van der Waals surface area contributed by atoms with Crippen LogP contribution in [-0.4, -0.2) is 23.2 Å². The fourth-order valence-corrected chi connectivity index (χ4v) is 3.98. The molecule has 154 valence electrons. The van der Waals surface area contributed by atoms with Crippen molar-refractivity contribution in [1.82, 2.24) is 15.5 Å². The summed E-state index contributed by atoms with van der Waals surface area (Å²) in [5.41, 5.74) is 1.25. The van der Waals surface area contributed by atoms with Gasteiger partial charge in [-0.2, -0.15) is 4.98 Å². The molecule has 0 saturated heterocycles. The molecule has 4 rings (SSSR count). The van der Waals surface area contributed by atoms with Gasteiger partial charge >= 0.3 is 0 Å². The highest BCUT2D eigenvalue weighted by molar-refractivity contribution is 7.98. The zero-order chi connectivity index (χ0) is 21.1. The third-order valence-electron chi connectivity index (χ3n) is 4.57. The van der Waals surface area contributed by atoms with Crippen molar-refractivity contribution in [3.05, 3.63) is 71.6 Å². The Labute approximate surface area is 177 Å². The molecule has 1 N–H and O–H groups in total. The second kappa shape index (κ2) is 8.62. The fraction of sp³-hybridized carbons (Fsp3) is 0.227. The first-order chi connectivity index (χ1) is 14.5. The van der Waals surface area contributed by atoms with E-state index in [-0.39, 0.29) is 11.9 Å². The van der Waals surface area contributed by atoms with Crippen LogP contribution in [0.25, 0.3) is 11.0 Å². The van der Waals surface area contributed by atoms with E-state index in [0.29, 0.717) is 40.1 Å². The Bertz CT molecular complexity index is 1180. The molecule has 1 amide bonds. The Hall–Kier alpha value is -3.26. The number of nitrogens with one attached hydrogen (secondary N) is 1. The lowest BCUT2D eigenvalue weighted by molar-refractivity contribution is 0.0932. The fourth-order valence-electron chi connectivity index (χ4n) is 3.09. The molecule has 0 saturated carbocycles. The smallest absolute Gasteiger partial charge is 0.252 e. The summed E-state index contributed by atoms with van der Waals surface area (Å²) in [7, 11) is 1.60. The third-order valence-corrected chi connectivity index (χ3v) is 5.63. The maximum atomic E-state index is 13.0. The topological polar surface area (TPSA) is 90.4 Å². The third kappa shape index (κ3) is 4.18. The van der Waals surface area contributed by atoms with E-state index in [2.05, 4.69) is 15.5 Å². The average molecular weight is 423 g/mol. The second-order valence-electron chi connectivity index (χ2n) is 6.74. The lowest BCUT2D eigenvalue weighted by atomic mass is 10.1. The van der Waals surface area contributed by atoms with Crippen LogP contribution in [-0.2, 0) is 5.75 Å². The van der Waals surface area contributed by atoms with Gasteiger partial charge in [0.15, 0.2) is 17.2 Å². The molecule has 7 nitrogen and oxygen atoms in total. The number of fused-ring (bicyclic) bond motifs is 1. The van der Waals surface area contributed by atoms with Crippen molar-refractivity contribution in [2.45, 2.75) is 30.5 Å². The number of nitrogens with zero attached hydrogens (tertiary/aromatic N) is 2. The predicted octanol–water partition coefficient (Wildman–Crippen LogP) is 4.92. The van der Waals surface area contributed by atoms with Gasteiger partial charge in [-0.05, 0) is 38.1 Å². The summed E-state index contributed by atoms with van der Waals surface area (Å²) >= 11 is 1.48. The monoisotopic (exact) mass is 423 g/mol. The summed E-state index contributed by atoms with van der Waals surface area (Å²) in [6, 6.07) is 14.7. The molecule has 8 heteroatoms. The minimum atomic E-state index is -0.314. The highest BCUT2D eigenvalue weighted by atomic mass is 32.2. The van der Waals surface area contributed by atoms with Crippen LogP contribution in [0.15, 0.2) is 62.4 Å². The van der Waals surface area contributed by atoms with Gasteiger partial charge in [0, 0.05) is 10.3 Å². The van der Waals surface area contributed by atoms with Crippen molar-refractivity contribution in [2.75, 3.05) is 7.11 Å². The van der Waals surface area contributed by atoms with Gasteiger partial charge in [0.05, 0.1) is 24.5 Å². The molecular weight excluding hydrogens is 402 g/mol. The minimum absolute atomic E-state index is 0.181. The van der Waals surface area contributed by atoms with Crippen molar-refractivity contribution >= 4 is 28.6 Å². The lowest BCUT2D eigenvalue weighted by Gasteiger charge is -2.13. The number of amides is 1. The minimum Gasteiger partial charge on any atom is -0.493 e.